The van der Waals surface area contributed by atoms with Gasteiger partial charge < -0.3 is 29.6 Å². The van der Waals surface area contributed by atoms with Gasteiger partial charge in [0.15, 0.2) is 9.04 Å². The number of halogens is 2. The molecular formula is C22H28Cl2OSiZr. The van der Waals surface area contributed by atoms with Crippen molar-refractivity contribution in [1.29, 1.82) is 0 Å². The SMILES string of the molecule is CCCc1ccc(-c2cccc3[cH-]c(CC)cc23)cc1.C[Si](C)O.[Cl-].[Cl-].[Zr+3]. The summed E-state index contributed by atoms with van der Waals surface area (Å²) in [7, 11) is -0.880. The maximum Gasteiger partial charge on any atom is 3.00 e. The van der Waals surface area contributed by atoms with Gasteiger partial charge in [0.2, 0.25) is 0 Å². The molecule has 0 saturated heterocycles. The van der Waals surface area contributed by atoms with E-state index < -0.39 is 9.04 Å². The summed E-state index contributed by atoms with van der Waals surface area (Å²) in [6, 6.07) is 20.3. The van der Waals surface area contributed by atoms with Crippen LogP contribution in [0.15, 0.2) is 54.6 Å². The van der Waals surface area contributed by atoms with Gasteiger partial charge in [0.25, 0.3) is 0 Å². The van der Waals surface area contributed by atoms with Crippen molar-refractivity contribution in [2.45, 2.75) is 46.2 Å². The van der Waals surface area contributed by atoms with E-state index in [1.165, 1.54) is 45.9 Å². The average molecular weight is 499 g/mol. The molecule has 0 aliphatic carbocycles. The van der Waals surface area contributed by atoms with Crippen molar-refractivity contribution in [3.8, 4) is 11.1 Å². The minimum atomic E-state index is -0.880. The molecule has 0 bridgehead atoms. The molecule has 0 saturated carbocycles. The Labute approximate surface area is 197 Å². The molecule has 1 N–H and O–H groups in total. The second-order valence-corrected chi connectivity index (χ2v) is 8.31. The monoisotopic (exact) mass is 496 g/mol. The molecule has 3 rings (SSSR count). The zero-order valence-electron chi connectivity index (χ0n) is 16.5. The molecule has 5 heteroatoms. The number of hydrogen-bond acceptors (Lipinski definition) is 1. The number of benzene rings is 2. The van der Waals surface area contributed by atoms with E-state index >= 15 is 0 Å². The van der Waals surface area contributed by atoms with Crippen LogP contribution in [-0.4, -0.2) is 13.8 Å². The van der Waals surface area contributed by atoms with Gasteiger partial charge in [-0.2, -0.15) is 6.07 Å². The molecule has 0 aromatic heterocycles. The Balaban J connectivity index is 0. The predicted molar refractivity (Wildman–Crippen MR) is 108 cm³/mol. The maximum atomic E-state index is 8.16. The summed E-state index contributed by atoms with van der Waals surface area (Å²) in [5, 5.41) is 2.74. The van der Waals surface area contributed by atoms with Crippen molar-refractivity contribution in [3.05, 3.63) is 65.7 Å². The molecule has 0 fully saturated rings. The first kappa shape index (κ1) is 28.9. The molecule has 0 heterocycles. The normalized spacial score (nSPS) is 9.56. The van der Waals surface area contributed by atoms with Gasteiger partial charge in [0, 0.05) is 0 Å². The molecule has 0 spiro atoms. The molecule has 1 nitrogen and oxygen atoms in total. The molecule has 0 atom stereocenters. The molecule has 2 radical (unpaired) electrons. The molecule has 0 amide bonds. The van der Waals surface area contributed by atoms with Crippen LogP contribution >= 0.6 is 0 Å². The Bertz CT molecular complexity index is 767. The van der Waals surface area contributed by atoms with Crippen LogP contribution in [0.2, 0.25) is 13.1 Å². The van der Waals surface area contributed by atoms with E-state index in [2.05, 4.69) is 68.4 Å². The van der Waals surface area contributed by atoms with Crippen LogP contribution in [0.3, 0.4) is 0 Å². The van der Waals surface area contributed by atoms with Crippen LogP contribution in [0.4, 0.5) is 0 Å². The second kappa shape index (κ2) is 14.7. The van der Waals surface area contributed by atoms with Crippen LogP contribution in [0.5, 0.6) is 0 Å². The molecule has 0 unspecified atom stereocenters. The molecule has 0 aliphatic rings. The fourth-order valence-electron chi connectivity index (χ4n) is 2.89. The van der Waals surface area contributed by atoms with E-state index in [4.69, 9.17) is 4.80 Å². The van der Waals surface area contributed by atoms with Gasteiger partial charge >= 0.3 is 26.2 Å². The van der Waals surface area contributed by atoms with Gasteiger partial charge in [-0.15, -0.1) is 34.5 Å². The molecule has 3 aromatic rings. The fraction of sp³-hybridized carbons (Fsp3) is 0.318. The van der Waals surface area contributed by atoms with Crippen LogP contribution in [0, 0.1) is 0 Å². The van der Waals surface area contributed by atoms with Crippen molar-refractivity contribution < 1.29 is 55.8 Å². The van der Waals surface area contributed by atoms with Crippen molar-refractivity contribution in [1.82, 2.24) is 0 Å². The van der Waals surface area contributed by atoms with Gasteiger partial charge in [-0.3, -0.25) is 0 Å². The minimum absolute atomic E-state index is 0. The van der Waals surface area contributed by atoms with Gasteiger partial charge in [-0.1, -0.05) is 56.2 Å². The standard InChI is InChI=1S/C20H21.C2H7OSi.2ClH.Zr/c1-3-6-16-9-11-17(12-10-16)19-8-5-7-18-13-15(4-2)14-20(18)19;1-4(2)3;;;/h5,7-14H,3-4,6H2,1-2H3;3H,1-2H3;2*1H;/q-1;;;;+3/p-2. The van der Waals surface area contributed by atoms with Crippen LogP contribution in [0.1, 0.15) is 31.4 Å². The summed E-state index contributed by atoms with van der Waals surface area (Å²) >= 11 is 0. The minimum Gasteiger partial charge on any atom is -1.00 e. The summed E-state index contributed by atoms with van der Waals surface area (Å²) < 4.78 is 0. The van der Waals surface area contributed by atoms with Crippen LogP contribution in [-0.2, 0) is 39.0 Å². The molecule has 27 heavy (non-hydrogen) atoms. The van der Waals surface area contributed by atoms with Gasteiger partial charge in [-0.25, -0.2) is 0 Å². The van der Waals surface area contributed by atoms with Crippen molar-refractivity contribution in [2.75, 3.05) is 0 Å². The quantitative estimate of drug-likeness (QED) is 0.396. The average Bonchev–Trinajstić information content (AvgIpc) is 2.98. The predicted octanol–water partition coefficient (Wildman–Crippen LogP) is -0.0241. The van der Waals surface area contributed by atoms with E-state index in [1.807, 2.05) is 13.1 Å². The Hall–Kier alpha value is -0.310. The molecule has 0 aliphatic heterocycles. The summed E-state index contributed by atoms with van der Waals surface area (Å²) in [6.45, 7) is 8.09. The van der Waals surface area contributed by atoms with Crippen molar-refractivity contribution >= 4 is 19.8 Å². The van der Waals surface area contributed by atoms with E-state index in [0.29, 0.717) is 0 Å². The first-order valence-electron chi connectivity index (χ1n) is 8.82. The topological polar surface area (TPSA) is 20.2 Å². The molecule has 3 aromatic carbocycles. The summed E-state index contributed by atoms with van der Waals surface area (Å²) in [4.78, 5) is 8.16. The van der Waals surface area contributed by atoms with E-state index in [-0.39, 0.29) is 51.0 Å². The third-order valence-corrected chi connectivity index (χ3v) is 4.02. The largest absolute Gasteiger partial charge is 3.00 e. The fourth-order valence-corrected chi connectivity index (χ4v) is 2.89. The van der Waals surface area contributed by atoms with E-state index in [1.54, 1.807) is 0 Å². The van der Waals surface area contributed by atoms with E-state index in [9.17, 15) is 0 Å². The second-order valence-electron chi connectivity index (χ2n) is 6.42. The van der Waals surface area contributed by atoms with Crippen LogP contribution in [0.25, 0.3) is 21.9 Å². The smallest absolute Gasteiger partial charge is 1.00 e. The van der Waals surface area contributed by atoms with Crippen molar-refractivity contribution in [3.63, 3.8) is 0 Å². The molecular weight excluding hydrogens is 470 g/mol. The maximum absolute atomic E-state index is 8.16. The van der Waals surface area contributed by atoms with Crippen LogP contribution < -0.4 is 24.8 Å². The van der Waals surface area contributed by atoms with Gasteiger partial charge in [0.05, 0.1) is 0 Å². The Morgan fingerprint density at radius 1 is 0.963 bits per heavy atom. The first-order chi connectivity index (χ1) is 11.5. The van der Waals surface area contributed by atoms with Crippen molar-refractivity contribution in [2.24, 2.45) is 0 Å². The third-order valence-electron chi connectivity index (χ3n) is 4.02. The number of rotatable bonds is 4. The number of fused-ring (bicyclic) bond motifs is 1. The number of aryl methyl sites for hydroxylation is 2. The summed E-state index contributed by atoms with van der Waals surface area (Å²) in [5.74, 6) is 0. The Morgan fingerprint density at radius 3 is 2.07 bits per heavy atom. The van der Waals surface area contributed by atoms with Gasteiger partial charge in [-0.05, 0) is 37.1 Å². The Kier molecular flexibility index (Phi) is 15.7. The Morgan fingerprint density at radius 2 is 1.56 bits per heavy atom. The number of hydrogen-bond donors (Lipinski definition) is 1. The third kappa shape index (κ3) is 8.71. The summed E-state index contributed by atoms with van der Waals surface area (Å²) in [5.41, 5.74) is 5.53. The molecule has 144 valence electrons. The van der Waals surface area contributed by atoms with Gasteiger partial charge in [0.1, 0.15) is 0 Å². The zero-order valence-corrected chi connectivity index (χ0v) is 21.5. The van der Waals surface area contributed by atoms with E-state index in [0.717, 1.165) is 6.42 Å². The zero-order chi connectivity index (χ0) is 17.5. The first-order valence-corrected chi connectivity index (χ1v) is 11.3. The summed E-state index contributed by atoms with van der Waals surface area (Å²) in [6.07, 6.45) is 3.47.